The molecule has 0 saturated carbocycles. The van der Waals surface area contributed by atoms with E-state index in [0.29, 0.717) is 45.1 Å². The van der Waals surface area contributed by atoms with Crippen molar-refractivity contribution in [1.29, 1.82) is 0 Å². The highest BCUT2D eigenvalue weighted by Crippen LogP contribution is 2.33. The number of hydrogen-bond donors (Lipinski definition) is 1. The largest absolute Gasteiger partial charge is 0.372 e. The Labute approximate surface area is 165 Å². The molecule has 1 aliphatic rings. The van der Waals surface area contributed by atoms with Gasteiger partial charge in [-0.15, -0.1) is 0 Å². The molecule has 2 atom stereocenters. The van der Waals surface area contributed by atoms with Crippen LogP contribution >= 0.6 is 0 Å². The van der Waals surface area contributed by atoms with E-state index in [1.54, 1.807) is 0 Å². The Hall–Kier alpha value is -2.04. The van der Waals surface area contributed by atoms with Crippen molar-refractivity contribution in [3.8, 4) is 0 Å². The predicted molar refractivity (Wildman–Crippen MR) is 106 cm³/mol. The highest BCUT2D eigenvalue weighted by molar-refractivity contribution is 5.70. The van der Waals surface area contributed by atoms with Gasteiger partial charge in [0.2, 0.25) is 11.6 Å². The summed E-state index contributed by atoms with van der Waals surface area (Å²) in [6.07, 6.45) is 2.47. The molecule has 1 N–H and O–H groups in total. The van der Waals surface area contributed by atoms with Crippen LogP contribution in [0.3, 0.4) is 0 Å². The first-order valence-corrected chi connectivity index (χ1v) is 9.83. The summed E-state index contributed by atoms with van der Waals surface area (Å²) in [4.78, 5) is 21.5. The van der Waals surface area contributed by atoms with Crippen molar-refractivity contribution in [3.05, 3.63) is 16.4 Å². The first-order valence-electron chi connectivity index (χ1n) is 9.83. The molecule has 0 spiro atoms. The molecule has 1 aromatic heterocycles. The van der Waals surface area contributed by atoms with E-state index >= 15 is 0 Å². The van der Waals surface area contributed by atoms with Crippen molar-refractivity contribution in [1.82, 2.24) is 9.97 Å². The second kappa shape index (κ2) is 11.1. The zero-order valence-electron chi connectivity index (χ0n) is 17.1. The van der Waals surface area contributed by atoms with E-state index in [9.17, 15) is 10.1 Å². The number of nitrogens with one attached hydrogen (secondary N) is 1. The number of aromatic nitrogens is 2. The molecule has 0 aliphatic carbocycles. The van der Waals surface area contributed by atoms with E-state index in [1.165, 1.54) is 6.33 Å². The fourth-order valence-corrected chi connectivity index (χ4v) is 3.31. The monoisotopic (exact) mass is 397 g/mol. The predicted octanol–water partition coefficient (Wildman–Crippen LogP) is 2.59. The molecule has 2 heterocycles. The lowest BCUT2D eigenvalue weighted by molar-refractivity contribution is -0.383. The topological polar surface area (TPSA) is 112 Å². The van der Waals surface area contributed by atoms with Crippen LogP contribution in [0.15, 0.2) is 6.33 Å². The minimum atomic E-state index is -0.425. The minimum Gasteiger partial charge on any atom is -0.372 e. The SMILES string of the molecule is CCOC(CCCNc1ncnc(N2CC(C)OC(C)C2)c1[N+](=O)[O-])OCC. The summed E-state index contributed by atoms with van der Waals surface area (Å²) in [6.45, 7) is 10.5. The minimum absolute atomic E-state index is 0.0243. The van der Waals surface area contributed by atoms with Crippen molar-refractivity contribution < 1.29 is 19.1 Å². The van der Waals surface area contributed by atoms with Gasteiger partial charge in [-0.3, -0.25) is 10.1 Å². The normalized spacial score (nSPS) is 19.8. The zero-order chi connectivity index (χ0) is 20.5. The van der Waals surface area contributed by atoms with Gasteiger partial charge in [0.05, 0.1) is 17.1 Å². The molecule has 2 unspecified atom stereocenters. The summed E-state index contributed by atoms with van der Waals surface area (Å²) in [5, 5.41) is 14.8. The molecule has 1 fully saturated rings. The van der Waals surface area contributed by atoms with Gasteiger partial charge in [-0.1, -0.05) is 0 Å². The number of rotatable bonds is 11. The maximum absolute atomic E-state index is 11.7. The van der Waals surface area contributed by atoms with E-state index in [4.69, 9.17) is 14.2 Å². The maximum atomic E-state index is 11.7. The van der Waals surface area contributed by atoms with E-state index in [0.717, 1.165) is 6.42 Å². The Balaban J connectivity index is 2.05. The summed E-state index contributed by atoms with van der Waals surface area (Å²) in [6, 6.07) is 0. The van der Waals surface area contributed by atoms with Crippen LogP contribution in [0, 0.1) is 10.1 Å². The average molecular weight is 397 g/mol. The molecule has 0 radical (unpaired) electrons. The first-order chi connectivity index (χ1) is 13.5. The van der Waals surface area contributed by atoms with Gasteiger partial charge in [0.15, 0.2) is 6.29 Å². The maximum Gasteiger partial charge on any atom is 0.353 e. The van der Waals surface area contributed by atoms with E-state index in [2.05, 4.69) is 15.3 Å². The second-order valence-electron chi connectivity index (χ2n) is 6.72. The van der Waals surface area contributed by atoms with Crippen molar-refractivity contribution >= 4 is 17.3 Å². The Morgan fingerprint density at radius 2 is 1.93 bits per heavy atom. The highest BCUT2D eigenvalue weighted by atomic mass is 16.7. The molecule has 1 aromatic rings. The highest BCUT2D eigenvalue weighted by Gasteiger charge is 2.31. The van der Waals surface area contributed by atoms with E-state index < -0.39 is 4.92 Å². The van der Waals surface area contributed by atoms with Crippen LogP contribution in [0.25, 0.3) is 0 Å². The lowest BCUT2D eigenvalue weighted by Crippen LogP contribution is -2.46. The number of nitro groups is 1. The molecular formula is C18H31N5O5. The third kappa shape index (κ3) is 6.25. The molecule has 10 nitrogen and oxygen atoms in total. The molecule has 1 saturated heterocycles. The fraction of sp³-hybridized carbons (Fsp3) is 0.778. The number of ether oxygens (including phenoxy) is 3. The van der Waals surface area contributed by atoms with Gasteiger partial charge in [-0.25, -0.2) is 9.97 Å². The van der Waals surface area contributed by atoms with Crippen LogP contribution in [-0.2, 0) is 14.2 Å². The number of nitrogens with zero attached hydrogens (tertiary/aromatic N) is 4. The fourth-order valence-electron chi connectivity index (χ4n) is 3.31. The quantitative estimate of drug-likeness (QED) is 0.260. The molecule has 1 aliphatic heterocycles. The Morgan fingerprint density at radius 1 is 1.29 bits per heavy atom. The lowest BCUT2D eigenvalue weighted by Gasteiger charge is -2.35. The van der Waals surface area contributed by atoms with Gasteiger partial charge < -0.3 is 24.4 Å². The van der Waals surface area contributed by atoms with Gasteiger partial charge in [0.25, 0.3) is 0 Å². The Morgan fingerprint density at radius 3 is 2.50 bits per heavy atom. The van der Waals surface area contributed by atoms with Gasteiger partial charge in [-0.05, 0) is 34.1 Å². The summed E-state index contributed by atoms with van der Waals surface area (Å²) < 4.78 is 16.7. The first kappa shape index (κ1) is 22.3. The van der Waals surface area contributed by atoms with Crippen LogP contribution in [0.2, 0.25) is 0 Å². The van der Waals surface area contributed by atoms with Crippen molar-refractivity contribution in [2.45, 2.75) is 59.0 Å². The number of hydrogen-bond acceptors (Lipinski definition) is 9. The Kier molecular flexibility index (Phi) is 8.81. The lowest BCUT2D eigenvalue weighted by atomic mass is 10.2. The zero-order valence-corrected chi connectivity index (χ0v) is 17.1. The van der Waals surface area contributed by atoms with Crippen molar-refractivity contribution in [2.75, 3.05) is 43.1 Å². The van der Waals surface area contributed by atoms with Gasteiger partial charge >= 0.3 is 5.69 Å². The molecular weight excluding hydrogens is 366 g/mol. The van der Waals surface area contributed by atoms with E-state index in [-0.39, 0.29) is 30.0 Å². The number of anilines is 2. The summed E-state index contributed by atoms with van der Waals surface area (Å²) in [5.74, 6) is 0.553. The van der Waals surface area contributed by atoms with Crippen LogP contribution in [0.1, 0.15) is 40.5 Å². The smallest absolute Gasteiger partial charge is 0.353 e. The van der Waals surface area contributed by atoms with Gasteiger partial charge in [-0.2, -0.15) is 0 Å². The molecule has 0 amide bonds. The van der Waals surface area contributed by atoms with Gasteiger partial charge in [0, 0.05) is 39.3 Å². The van der Waals surface area contributed by atoms with Gasteiger partial charge in [0.1, 0.15) is 6.33 Å². The summed E-state index contributed by atoms with van der Waals surface area (Å²) >= 11 is 0. The molecule has 0 bridgehead atoms. The average Bonchev–Trinajstić information content (AvgIpc) is 2.64. The standard InChI is InChI=1S/C18H31N5O5/c1-5-26-15(27-6-2)8-7-9-19-17-16(23(24)25)18(21-12-20-17)22-10-13(3)28-14(4)11-22/h12-15H,5-11H2,1-4H3,(H,19,20,21). The summed E-state index contributed by atoms with van der Waals surface area (Å²) in [5.41, 5.74) is -0.102. The number of morpholine rings is 1. The molecule has 28 heavy (non-hydrogen) atoms. The van der Waals surface area contributed by atoms with E-state index in [1.807, 2.05) is 32.6 Å². The van der Waals surface area contributed by atoms with Crippen molar-refractivity contribution in [3.63, 3.8) is 0 Å². The molecule has 158 valence electrons. The third-order valence-electron chi connectivity index (χ3n) is 4.32. The third-order valence-corrected chi connectivity index (χ3v) is 4.32. The van der Waals surface area contributed by atoms with Crippen molar-refractivity contribution in [2.24, 2.45) is 0 Å². The summed E-state index contributed by atoms with van der Waals surface area (Å²) in [7, 11) is 0. The molecule has 10 heteroatoms. The van der Waals surface area contributed by atoms with Crippen LogP contribution < -0.4 is 10.2 Å². The Bertz CT molecular complexity index is 616. The van der Waals surface area contributed by atoms with Crippen LogP contribution in [-0.4, -0.2) is 66.2 Å². The van der Waals surface area contributed by atoms with Crippen LogP contribution in [0.4, 0.5) is 17.3 Å². The van der Waals surface area contributed by atoms with Crippen LogP contribution in [0.5, 0.6) is 0 Å². The second-order valence-corrected chi connectivity index (χ2v) is 6.72. The molecule has 2 rings (SSSR count). The molecule has 0 aromatic carbocycles.